The second-order valence-corrected chi connectivity index (χ2v) is 7.31. The van der Waals surface area contributed by atoms with E-state index < -0.39 is 0 Å². The van der Waals surface area contributed by atoms with Gasteiger partial charge in [-0.2, -0.15) is 0 Å². The first kappa shape index (κ1) is 16.5. The van der Waals surface area contributed by atoms with Crippen LogP contribution in [0.3, 0.4) is 0 Å². The predicted molar refractivity (Wildman–Crippen MR) is 91.0 cm³/mol. The molecular formula is C18H30N4O. The van der Waals surface area contributed by atoms with Crippen molar-refractivity contribution in [3.05, 3.63) is 17.7 Å². The maximum absolute atomic E-state index is 13.4. The van der Waals surface area contributed by atoms with Crippen molar-refractivity contribution < 1.29 is 4.79 Å². The van der Waals surface area contributed by atoms with E-state index in [1.54, 1.807) is 0 Å². The highest BCUT2D eigenvalue weighted by Gasteiger charge is 2.46. The second-order valence-electron chi connectivity index (χ2n) is 7.31. The summed E-state index contributed by atoms with van der Waals surface area (Å²) in [7, 11) is 1.93. The number of imidazole rings is 1. The van der Waals surface area contributed by atoms with Gasteiger partial charge < -0.3 is 9.88 Å². The molecular weight excluding hydrogens is 288 g/mol. The number of carbonyl (C=O) groups excluding carboxylic acids is 1. The van der Waals surface area contributed by atoms with Gasteiger partial charge in [-0.25, -0.2) is 4.98 Å². The Labute approximate surface area is 139 Å². The third-order valence-electron chi connectivity index (χ3n) is 5.53. The Morgan fingerprint density at radius 3 is 2.48 bits per heavy atom. The third kappa shape index (κ3) is 3.44. The van der Waals surface area contributed by atoms with Gasteiger partial charge in [0.15, 0.2) is 0 Å². The first-order chi connectivity index (χ1) is 11.1. The molecule has 5 nitrogen and oxygen atoms in total. The molecule has 128 valence electrons. The zero-order chi connectivity index (χ0) is 16.3. The van der Waals surface area contributed by atoms with Crippen LogP contribution in [0, 0.1) is 6.92 Å². The highest BCUT2D eigenvalue weighted by molar-refractivity contribution is 5.86. The minimum Gasteiger partial charge on any atom is -0.345 e. The van der Waals surface area contributed by atoms with Crippen molar-refractivity contribution in [3.8, 4) is 0 Å². The predicted octanol–water partition coefficient (Wildman–Crippen LogP) is 2.87. The smallest absolute Gasteiger partial charge is 0.243 e. The van der Waals surface area contributed by atoms with Crippen molar-refractivity contribution in [2.75, 3.05) is 20.1 Å². The van der Waals surface area contributed by atoms with Crippen LogP contribution in [0.5, 0.6) is 0 Å². The molecule has 1 aliphatic heterocycles. The van der Waals surface area contributed by atoms with Crippen molar-refractivity contribution in [3.63, 3.8) is 0 Å². The standard InChI is InChI=1S/C18H30N4O/c1-15-13-19-16(20-15)14-21(2)17(23)18(9-5-3-6-10-18)22-11-7-4-8-12-22/h13H,3-12,14H2,1-2H3,(H,19,20). The van der Waals surface area contributed by atoms with Crippen molar-refractivity contribution >= 4 is 5.91 Å². The molecule has 0 bridgehead atoms. The largest absolute Gasteiger partial charge is 0.345 e. The molecule has 1 saturated carbocycles. The summed E-state index contributed by atoms with van der Waals surface area (Å²) >= 11 is 0. The molecule has 1 saturated heterocycles. The van der Waals surface area contributed by atoms with Crippen LogP contribution in [0.2, 0.25) is 0 Å². The van der Waals surface area contributed by atoms with E-state index in [1.807, 2.05) is 25.1 Å². The Morgan fingerprint density at radius 1 is 1.22 bits per heavy atom. The monoisotopic (exact) mass is 318 g/mol. The van der Waals surface area contributed by atoms with Gasteiger partial charge in [0.2, 0.25) is 5.91 Å². The SMILES string of the molecule is Cc1cnc(CN(C)C(=O)C2(N3CCCCC3)CCCCC2)[nH]1. The Morgan fingerprint density at radius 2 is 1.87 bits per heavy atom. The van der Waals surface area contributed by atoms with E-state index in [1.165, 1.54) is 38.5 Å². The first-order valence-electron chi connectivity index (χ1n) is 9.13. The molecule has 5 heteroatoms. The van der Waals surface area contributed by atoms with Crippen molar-refractivity contribution in [1.82, 2.24) is 19.8 Å². The van der Waals surface area contributed by atoms with Gasteiger partial charge in [-0.05, 0) is 45.7 Å². The number of H-pyrrole nitrogens is 1. The lowest BCUT2D eigenvalue weighted by molar-refractivity contribution is -0.147. The van der Waals surface area contributed by atoms with Crippen LogP contribution >= 0.6 is 0 Å². The molecule has 0 radical (unpaired) electrons. The lowest BCUT2D eigenvalue weighted by Crippen LogP contribution is -2.61. The normalized spacial score (nSPS) is 22.0. The van der Waals surface area contributed by atoms with E-state index in [2.05, 4.69) is 14.9 Å². The molecule has 2 heterocycles. The van der Waals surface area contributed by atoms with E-state index in [9.17, 15) is 4.79 Å². The van der Waals surface area contributed by atoms with Crippen molar-refractivity contribution in [2.24, 2.45) is 0 Å². The Bertz CT molecular complexity index is 527. The molecule has 0 atom stereocenters. The minimum absolute atomic E-state index is 0.255. The minimum atomic E-state index is -0.255. The lowest BCUT2D eigenvalue weighted by atomic mass is 9.78. The lowest BCUT2D eigenvalue weighted by Gasteiger charge is -2.48. The zero-order valence-electron chi connectivity index (χ0n) is 14.6. The van der Waals surface area contributed by atoms with E-state index in [-0.39, 0.29) is 5.54 Å². The molecule has 1 amide bonds. The third-order valence-corrected chi connectivity index (χ3v) is 5.53. The van der Waals surface area contributed by atoms with Gasteiger partial charge in [-0.3, -0.25) is 9.69 Å². The highest BCUT2D eigenvalue weighted by Crippen LogP contribution is 2.37. The Hall–Kier alpha value is -1.36. The van der Waals surface area contributed by atoms with Crippen molar-refractivity contribution in [2.45, 2.75) is 70.4 Å². The summed E-state index contributed by atoms with van der Waals surface area (Å²) < 4.78 is 0. The summed E-state index contributed by atoms with van der Waals surface area (Å²) in [5.41, 5.74) is 0.791. The molecule has 0 aromatic carbocycles. The van der Waals surface area contributed by atoms with Gasteiger partial charge in [0.1, 0.15) is 11.4 Å². The number of likely N-dealkylation sites (N-methyl/N-ethyl adjacent to an activating group) is 1. The van der Waals surface area contributed by atoms with Crippen LogP contribution < -0.4 is 0 Å². The van der Waals surface area contributed by atoms with Gasteiger partial charge in [0.25, 0.3) is 0 Å². The van der Waals surface area contributed by atoms with Crippen LogP contribution in [0.25, 0.3) is 0 Å². The summed E-state index contributed by atoms with van der Waals surface area (Å²) in [5.74, 6) is 1.18. The van der Waals surface area contributed by atoms with Crippen molar-refractivity contribution in [1.29, 1.82) is 0 Å². The molecule has 3 rings (SSSR count). The number of carbonyl (C=O) groups is 1. The fourth-order valence-corrected chi connectivity index (χ4v) is 4.32. The topological polar surface area (TPSA) is 52.2 Å². The highest BCUT2D eigenvalue weighted by atomic mass is 16.2. The Balaban J connectivity index is 1.76. The van der Waals surface area contributed by atoms with Gasteiger partial charge in [0, 0.05) is 18.9 Å². The number of likely N-dealkylation sites (tertiary alicyclic amines) is 1. The van der Waals surface area contributed by atoms with Crippen LogP contribution in [0.1, 0.15) is 62.9 Å². The average molecular weight is 318 g/mol. The number of rotatable bonds is 4. The van der Waals surface area contributed by atoms with Gasteiger partial charge in [0.05, 0.1) is 6.54 Å². The Kier molecular flexibility index (Phi) is 5.05. The molecule has 0 unspecified atom stereocenters. The molecule has 23 heavy (non-hydrogen) atoms. The summed E-state index contributed by atoms with van der Waals surface area (Å²) in [5, 5.41) is 0. The average Bonchev–Trinajstić information content (AvgIpc) is 3.00. The van der Waals surface area contributed by atoms with Crippen LogP contribution in [-0.2, 0) is 11.3 Å². The summed E-state index contributed by atoms with van der Waals surface area (Å²) in [6, 6.07) is 0. The summed E-state index contributed by atoms with van der Waals surface area (Å²) in [6.07, 6.45) is 11.3. The number of piperidine rings is 1. The number of aromatic nitrogens is 2. The van der Waals surface area contributed by atoms with Gasteiger partial charge in [-0.1, -0.05) is 25.7 Å². The first-order valence-corrected chi connectivity index (χ1v) is 9.13. The fraction of sp³-hybridized carbons (Fsp3) is 0.778. The molecule has 1 aliphatic carbocycles. The molecule has 2 fully saturated rings. The number of hydrogen-bond acceptors (Lipinski definition) is 3. The van der Waals surface area contributed by atoms with E-state index in [0.717, 1.165) is 37.4 Å². The molecule has 1 aromatic heterocycles. The number of nitrogens with one attached hydrogen (secondary N) is 1. The summed E-state index contributed by atoms with van der Waals surface area (Å²) in [6.45, 7) is 4.73. The van der Waals surface area contributed by atoms with Crippen LogP contribution in [-0.4, -0.2) is 51.4 Å². The van der Waals surface area contributed by atoms with Gasteiger partial charge >= 0.3 is 0 Å². The number of aromatic amines is 1. The second kappa shape index (κ2) is 7.04. The molecule has 1 N–H and O–H groups in total. The molecule has 2 aliphatic rings. The van der Waals surface area contributed by atoms with Crippen LogP contribution in [0.15, 0.2) is 6.20 Å². The van der Waals surface area contributed by atoms with Crippen LogP contribution in [0.4, 0.5) is 0 Å². The number of amides is 1. The number of aryl methyl sites for hydroxylation is 1. The maximum Gasteiger partial charge on any atom is 0.243 e. The van der Waals surface area contributed by atoms with E-state index in [0.29, 0.717) is 12.5 Å². The van der Waals surface area contributed by atoms with E-state index in [4.69, 9.17) is 0 Å². The quantitative estimate of drug-likeness (QED) is 0.929. The number of hydrogen-bond donors (Lipinski definition) is 1. The number of nitrogens with zero attached hydrogens (tertiary/aromatic N) is 3. The maximum atomic E-state index is 13.4. The fourth-order valence-electron chi connectivity index (χ4n) is 4.32. The summed E-state index contributed by atoms with van der Waals surface area (Å²) in [4.78, 5) is 25.4. The van der Waals surface area contributed by atoms with E-state index >= 15 is 0 Å². The van der Waals surface area contributed by atoms with Gasteiger partial charge in [-0.15, -0.1) is 0 Å². The zero-order valence-corrected chi connectivity index (χ0v) is 14.6. The molecule has 1 aromatic rings. The molecule has 0 spiro atoms.